The average Bonchev–Trinajstić information content (AvgIpc) is 3.20. The van der Waals surface area contributed by atoms with Crippen molar-refractivity contribution in [1.82, 2.24) is 19.5 Å². The van der Waals surface area contributed by atoms with Crippen LogP contribution in [0.3, 0.4) is 0 Å². The van der Waals surface area contributed by atoms with Gasteiger partial charge in [0.05, 0.1) is 28.5 Å². The summed E-state index contributed by atoms with van der Waals surface area (Å²) in [4.78, 5) is 32.0. The Hall–Kier alpha value is -3.45. The van der Waals surface area contributed by atoms with Gasteiger partial charge in [-0.25, -0.2) is 13.9 Å². The molecule has 0 unspecified atom stereocenters. The fraction of sp³-hybridized carbons (Fsp3) is 0.136. The van der Waals surface area contributed by atoms with Gasteiger partial charge in [-0.15, -0.1) is 0 Å². The van der Waals surface area contributed by atoms with Crippen LogP contribution in [0.15, 0.2) is 59.4 Å². The summed E-state index contributed by atoms with van der Waals surface area (Å²) in [6, 6.07) is 15.2. The molecule has 2 aromatic heterocycles. The van der Waals surface area contributed by atoms with E-state index in [0.717, 1.165) is 17.3 Å². The molecule has 0 fully saturated rings. The number of amides is 1. The number of H-pyrrole nitrogens is 1. The van der Waals surface area contributed by atoms with Crippen molar-refractivity contribution >= 4 is 23.2 Å². The van der Waals surface area contributed by atoms with Crippen molar-refractivity contribution in [2.45, 2.75) is 13.0 Å². The molecule has 6 nitrogen and oxygen atoms in total. The number of aromatic nitrogens is 3. The third-order valence-corrected chi connectivity index (χ3v) is 5.63. The second-order valence-corrected chi connectivity index (χ2v) is 7.58. The first-order valence-electron chi connectivity index (χ1n) is 9.44. The normalized spacial score (nSPS) is 13.5. The molecule has 8 heteroatoms. The smallest absolute Gasteiger partial charge is 0.276 e. The maximum Gasteiger partial charge on any atom is 0.276 e. The van der Waals surface area contributed by atoms with Crippen LogP contribution in [0, 0.1) is 5.82 Å². The fourth-order valence-corrected chi connectivity index (χ4v) is 3.96. The van der Waals surface area contributed by atoms with Gasteiger partial charge < -0.3 is 4.90 Å². The number of carbonyl (C=O) groups excluding carboxylic acids is 1. The molecule has 4 aromatic rings. The molecule has 1 aliphatic heterocycles. The van der Waals surface area contributed by atoms with Crippen LogP contribution in [0.25, 0.3) is 16.9 Å². The number of aromatic amines is 1. The first-order valence-corrected chi connectivity index (χ1v) is 9.82. The Bertz CT molecular complexity index is 1350. The molecule has 5 rings (SSSR count). The Morgan fingerprint density at radius 1 is 1.13 bits per heavy atom. The topological polar surface area (TPSA) is 70.5 Å². The quantitative estimate of drug-likeness (QED) is 0.535. The molecule has 0 radical (unpaired) electrons. The van der Waals surface area contributed by atoms with Crippen LogP contribution in [0.1, 0.15) is 21.6 Å². The van der Waals surface area contributed by atoms with Crippen LogP contribution in [0.2, 0.25) is 5.02 Å². The van der Waals surface area contributed by atoms with Crippen LogP contribution in [0.5, 0.6) is 0 Å². The molecule has 0 atom stereocenters. The number of rotatable bonds is 2. The number of hydrogen-bond donors (Lipinski definition) is 1. The summed E-state index contributed by atoms with van der Waals surface area (Å²) in [5.41, 5.74) is 3.25. The van der Waals surface area contributed by atoms with E-state index in [9.17, 15) is 14.0 Å². The van der Waals surface area contributed by atoms with E-state index in [2.05, 4.69) is 10.1 Å². The molecule has 0 saturated heterocycles. The van der Waals surface area contributed by atoms with Crippen molar-refractivity contribution in [3.8, 4) is 11.3 Å². The van der Waals surface area contributed by atoms with Crippen molar-refractivity contribution in [3.05, 3.63) is 92.6 Å². The highest BCUT2D eigenvalue weighted by atomic mass is 35.5. The van der Waals surface area contributed by atoms with Crippen molar-refractivity contribution in [3.63, 3.8) is 0 Å². The van der Waals surface area contributed by atoms with Crippen LogP contribution < -0.4 is 5.56 Å². The van der Waals surface area contributed by atoms with Gasteiger partial charge in [-0.3, -0.25) is 14.7 Å². The molecule has 2 aromatic carbocycles. The number of nitrogens with one attached hydrogen (secondary N) is 1. The van der Waals surface area contributed by atoms with Crippen molar-refractivity contribution in [2.24, 2.45) is 0 Å². The molecule has 0 aliphatic carbocycles. The van der Waals surface area contributed by atoms with Gasteiger partial charge in [-0.1, -0.05) is 41.9 Å². The molecule has 1 amide bonds. The lowest BCUT2D eigenvalue weighted by molar-refractivity contribution is 0.0731. The standard InChI is InChI=1S/C22H16ClFN4O2/c23-17-7-6-14(24)10-16(17)21(29)27-9-8-15-19(12-27)25-20-11-18(26-28(20)22(15)30)13-4-2-1-3-5-13/h1-7,10-11,26H,8-9,12H2. The summed E-state index contributed by atoms with van der Waals surface area (Å²) >= 11 is 6.09. The first kappa shape index (κ1) is 18.6. The summed E-state index contributed by atoms with van der Waals surface area (Å²) in [5.74, 6) is -0.912. The minimum Gasteiger partial charge on any atom is -0.332 e. The highest BCUT2D eigenvalue weighted by Gasteiger charge is 2.27. The zero-order valence-corrected chi connectivity index (χ0v) is 16.5. The Kier molecular flexibility index (Phi) is 4.40. The van der Waals surface area contributed by atoms with E-state index in [-0.39, 0.29) is 28.6 Å². The molecule has 1 N–H and O–H groups in total. The molecule has 150 valence electrons. The van der Waals surface area contributed by atoms with Crippen LogP contribution in [-0.4, -0.2) is 31.9 Å². The number of carbonyl (C=O) groups is 1. The largest absolute Gasteiger partial charge is 0.332 e. The predicted octanol–water partition coefficient (Wildman–Crippen LogP) is 3.68. The number of hydrogen-bond acceptors (Lipinski definition) is 3. The second-order valence-electron chi connectivity index (χ2n) is 7.17. The number of halogens is 2. The molecule has 1 aliphatic rings. The summed E-state index contributed by atoms with van der Waals surface area (Å²) in [5, 5.41) is 3.29. The van der Waals surface area contributed by atoms with Gasteiger partial charge in [-0.2, -0.15) is 0 Å². The van der Waals surface area contributed by atoms with E-state index < -0.39 is 5.82 Å². The Balaban J connectivity index is 1.52. The Labute approximate surface area is 175 Å². The minimum absolute atomic E-state index is 0.103. The first-order chi connectivity index (χ1) is 14.5. The fourth-order valence-electron chi connectivity index (χ4n) is 3.76. The van der Waals surface area contributed by atoms with E-state index in [1.165, 1.54) is 21.5 Å². The van der Waals surface area contributed by atoms with Gasteiger partial charge in [0.1, 0.15) is 5.82 Å². The summed E-state index contributed by atoms with van der Waals surface area (Å²) in [7, 11) is 0. The maximum absolute atomic E-state index is 13.6. The summed E-state index contributed by atoms with van der Waals surface area (Å²) in [6.45, 7) is 0.493. The molecule has 30 heavy (non-hydrogen) atoms. The molecule has 3 heterocycles. The number of fused-ring (bicyclic) bond motifs is 2. The molecule has 0 saturated carbocycles. The lowest BCUT2D eigenvalue weighted by Gasteiger charge is -2.28. The van der Waals surface area contributed by atoms with E-state index >= 15 is 0 Å². The van der Waals surface area contributed by atoms with E-state index in [0.29, 0.717) is 29.9 Å². The van der Waals surface area contributed by atoms with E-state index in [1.54, 1.807) is 6.07 Å². The van der Waals surface area contributed by atoms with Crippen molar-refractivity contribution in [1.29, 1.82) is 0 Å². The van der Waals surface area contributed by atoms with E-state index in [4.69, 9.17) is 11.6 Å². The lowest BCUT2D eigenvalue weighted by atomic mass is 10.1. The van der Waals surface area contributed by atoms with Crippen LogP contribution >= 0.6 is 11.6 Å². The van der Waals surface area contributed by atoms with Gasteiger partial charge in [-0.05, 0) is 30.2 Å². The van der Waals surface area contributed by atoms with Crippen LogP contribution in [0.4, 0.5) is 4.39 Å². The minimum atomic E-state index is -0.529. The Morgan fingerprint density at radius 2 is 1.93 bits per heavy atom. The lowest BCUT2D eigenvalue weighted by Crippen LogP contribution is -2.39. The number of benzene rings is 2. The zero-order chi connectivity index (χ0) is 20.8. The molecular weight excluding hydrogens is 407 g/mol. The van der Waals surface area contributed by atoms with Gasteiger partial charge in [0.2, 0.25) is 0 Å². The zero-order valence-electron chi connectivity index (χ0n) is 15.7. The third kappa shape index (κ3) is 3.07. The SMILES string of the molecule is O=C(c1cc(F)ccc1Cl)N1CCc2c(nc3cc(-c4ccccc4)[nH]n3c2=O)C1. The monoisotopic (exact) mass is 422 g/mol. The Morgan fingerprint density at radius 3 is 2.73 bits per heavy atom. The summed E-state index contributed by atoms with van der Waals surface area (Å²) in [6.07, 6.45) is 0.364. The van der Waals surface area contributed by atoms with Gasteiger partial charge >= 0.3 is 0 Å². The second kappa shape index (κ2) is 7.11. The van der Waals surface area contributed by atoms with Crippen molar-refractivity contribution < 1.29 is 9.18 Å². The maximum atomic E-state index is 13.6. The predicted molar refractivity (Wildman–Crippen MR) is 111 cm³/mol. The van der Waals surface area contributed by atoms with Gasteiger partial charge in [0, 0.05) is 18.2 Å². The van der Waals surface area contributed by atoms with Crippen molar-refractivity contribution in [2.75, 3.05) is 6.54 Å². The highest BCUT2D eigenvalue weighted by molar-refractivity contribution is 6.33. The molecule has 0 bridgehead atoms. The van der Waals surface area contributed by atoms with Gasteiger partial charge in [0.25, 0.3) is 11.5 Å². The van der Waals surface area contributed by atoms with E-state index in [1.807, 2.05) is 30.3 Å². The molecular formula is C22H16ClFN4O2. The third-order valence-electron chi connectivity index (χ3n) is 5.30. The average molecular weight is 423 g/mol. The summed E-state index contributed by atoms with van der Waals surface area (Å²) < 4.78 is 15.0. The van der Waals surface area contributed by atoms with Crippen LogP contribution in [-0.2, 0) is 13.0 Å². The van der Waals surface area contributed by atoms with Gasteiger partial charge in [0.15, 0.2) is 5.65 Å². The highest BCUT2D eigenvalue weighted by Crippen LogP contribution is 2.24. The number of nitrogens with zero attached hydrogens (tertiary/aromatic N) is 3. The molecule has 0 spiro atoms.